The molecule has 2 aromatic rings. The molecule has 0 bridgehead atoms. The molecule has 0 heterocycles. The van der Waals surface area contributed by atoms with Crippen molar-refractivity contribution in [2.75, 3.05) is 0 Å². The van der Waals surface area contributed by atoms with E-state index >= 15 is 0 Å². The number of ether oxygens (including phenoxy) is 1. The van der Waals surface area contributed by atoms with Crippen molar-refractivity contribution >= 4 is 35.0 Å². The Morgan fingerprint density at radius 3 is 2.32 bits per heavy atom. The summed E-state index contributed by atoms with van der Waals surface area (Å²) in [6.07, 6.45) is 1.43. The highest BCUT2D eigenvalue weighted by Gasteiger charge is 2.32. The van der Waals surface area contributed by atoms with Crippen LogP contribution in [0.3, 0.4) is 0 Å². The number of halogens is 2. The van der Waals surface area contributed by atoms with Crippen LogP contribution in [0.4, 0.5) is 0 Å². The van der Waals surface area contributed by atoms with E-state index in [1.54, 1.807) is 42.5 Å². The van der Waals surface area contributed by atoms with Gasteiger partial charge in [0, 0.05) is 0 Å². The average Bonchev–Trinajstić information content (AvgIpc) is 3.04. The van der Waals surface area contributed by atoms with E-state index < -0.39 is 11.9 Å². The summed E-state index contributed by atoms with van der Waals surface area (Å²) in [5, 5.41) is 9.66. The quantitative estimate of drug-likeness (QED) is 0.754. The molecule has 3 rings (SSSR count). The number of hydrogen-bond donors (Lipinski definition) is 1. The Kier molecular flexibility index (Phi) is 5.30. The van der Waals surface area contributed by atoms with Gasteiger partial charge < -0.3 is 9.84 Å². The van der Waals surface area contributed by atoms with Gasteiger partial charge in [-0.3, -0.25) is 9.59 Å². The highest BCUT2D eigenvalue weighted by atomic mass is 35.5. The topological polar surface area (TPSA) is 63.6 Å². The van der Waals surface area contributed by atoms with Gasteiger partial charge in [-0.25, -0.2) is 0 Å². The van der Waals surface area contributed by atoms with Gasteiger partial charge in [-0.15, -0.1) is 0 Å². The molecule has 2 aromatic carbocycles. The lowest BCUT2D eigenvalue weighted by Crippen LogP contribution is -2.17. The SMILES string of the molecule is O=C(c1ccccc1OC1CCC(C(=O)O)C1)c1c(Cl)cccc1Cl. The highest BCUT2D eigenvalue weighted by Crippen LogP contribution is 2.33. The van der Waals surface area contributed by atoms with Gasteiger partial charge in [0.15, 0.2) is 5.78 Å². The molecule has 2 unspecified atom stereocenters. The molecule has 0 radical (unpaired) electrons. The first-order valence-electron chi connectivity index (χ1n) is 7.94. The summed E-state index contributed by atoms with van der Waals surface area (Å²) in [7, 11) is 0. The van der Waals surface area contributed by atoms with E-state index in [9.17, 15) is 9.59 Å². The Hall–Kier alpha value is -2.04. The van der Waals surface area contributed by atoms with Crippen LogP contribution in [-0.4, -0.2) is 23.0 Å². The number of rotatable bonds is 5. The Balaban J connectivity index is 1.87. The van der Waals surface area contributed by atoms with Crippen LogP contribution < -0.4 is 4.74 Å². The second-order valence-electron chi connectivity index (χ2n) is 6.01. The number of carbonyl (C=O) groups excluding carboxylic acids is 1. The summed E-state index contributed by atoms with van der Waals surface area (Å²) in [4.78, 5) is 24.0. The molecule has 1 N–H and O–H groups in total. The largest absolute Gasteiger partial charge is 0.490 e. The first-order valence-corrected chi connectivity index (χ1v) is 8.70. The van der Waals surface area contributed by atoms with Gasteiger partial charge in [-0.2, -0.15) is 0 Å². The predicted molar refractivity (Wildman–Crippen MR) is 95.7 cm³/mol. The number of hydrogen-bond acceptors (Lipinski definition) is 3. The van der Waals surface area contributed by atoms with E-state index in [1.165, 1.54) is 0 Å². The Labute approximate surface area is 155 Å². The number of carboxylic acids is 1. The van der Waals surface area contributed by atoms with Crippen LogP contribution in [0.5, 0.6) is 5.75 Å². The molecule has 1 aliphatic carbocycles. The first-order chi connectivity index (χ1) is 12.0. The Morgan fingerprint density at radius 2 is 1.68 bits per heavy atom. The van der Waals surface area contributed by atoms with Gasteiger partial charge in [0.25, 0.3) is 0 Å². The maximum absolute atomic E-state index is 12.9. The monoisotopic (exact) mass is 378 g/mol. The van der Waals surface area contributed by atoms with E-state index in [0.717, 1.165) is 0 Å². The molecule has 0 saturated heterocycles. The fourth-order valence-corrected chi connectivity index (χ4v) is 3.63. The van der Waals surface area contributed by atoms with Gasteiger partial charge in [0.1, 0.15) is 5.75 Å². The third kappa shape index (κ3) is 3.80. The number of benzene rings is 2. The smallest absolute Gasteiger partial charge is 0.306 e. The summed E-state index contributed by atoms with van der Waals surface area (Å²) in [5.41, 5.74) is 0.591. The standard InChI is InChI=1S/C19H16Cl2O4/c20-14-5-3-6-15(21)17(14)18(22)13-4-1-2-7-16(13)25-12-9-8-11(10-12)19(23)24/h1-7,11-12H,8-10H2,(H,23,24). The summed E-state index contributed by atoms with van der Waals surface area (Å²) in [6.45, 7) is 0. The normalized spacial score (nSPS) is 19.6. The van der Waals surface area contributed by atoms with Gasteiger partial charge in [0.05, 0.1) is 33.2 Å². The van der Waals surface area contributed by atoms with Crippen LogP contribution in [0.2, 0.25) is 10.0 Å². The Bertz CT molecular complexity index is 799. The third-order valence-electron chi connectivity index (χ3n) is 4.35. The number of aliphatic carboxylic acids is 1. The van der Waals surface area contributed by atoms with E-state index in [4.69, 9.17) is 33.0 Å². The summed E-state index contributed by atoms with van der Waals surface area (Å²) < 4.78 is 5.94. The van der Waals surface area contributed by atoms with Crippen LogP contribution in [-0.2, 0) is 4.79 Å². The minimum Gasteiger partial charge on any atom is -0.490 e. The lowest BCUT2D eigenvalue weighted by molar-refractivity contribution is -0.141. The summed E-state index contributed by atoms with van der Waals surface area (Å²) in [5.74, 6) is -1.11. The van der Waals surface area contributed by atoms with Crippen molar-refractivity contribution in [3.05, 3.63) is 63.6 Å². The van der Waals surface area contributed by atoms with Crippen molar-refractivity contribution in [3.8, 4) is 5.75 Å². The molecule has 130 valence electrons. The van der Waals surface area contributed by atoms with Crippen molar-refractivity contribution < 1.29 is 19.4 Å². The van der Waals surface area contributed by atoms with Crippen molar-refractivity contribution in [1.82, 2.24) is 0 Å². The van der Waals surface area contributed by atoms with Crippen LogP contribution in [0.1, 0.15) is 35.2 Å². The molecule has 0 aliphatic heterocycles. The van der Waals surface area contributed by atoms with Crippen molar-refractivity contribution in [2.24, 2.45) is 5.92 Å². The minimum atomic E-state index is -0.807. The predicted octanol–water partition coefficient (Wildman–Crippen LogP) is 4.86. The Morgan fingerprint density at radius 1 is 1.00 bits per heavy atom. The van der Waals surface area contributed by atoms with Crippen molar-refractivity contribution in [3.63, 3.8) is 0 Å². The van der Waals surface area contributed by atoms with Crippen LogP contribution in [0.15, 0.2) is 42.5 Å². The lowest BCUT2D eigenvalue weighted by Gasteiger charge is -2.17. The minimum absolute atomic E-state index is 0.225. The maximum atomic E-state index is 12.9. The van der Waals surface area contributed by atoms with Crippen LogP contribution in [0, 0.1) is 5.92 Å². The molecule has 1 fully saturated rings. The van der Waals surface area contributed by atoms with Crippen molar-refractivity contribution in [1.29, 1.82) is 0 Å². The molecule has 0 aromatic heterocycles. The van der Waals surface area contributed by atoms with Crippen molar-refractivity contribution in [2.45, 2.75) is 25.4 Å². The zero-order valence-corrected chi connectivity index (χ0v) is 14.8. The molecule has 1 saturated carbocycles. The molecule has 4 nitrogen and oxygen atoms in total. The van der Waals surface area contributed by atoms with Gasteiger partial charge in [-0.1, -0.05) is 41.4 Å². The third-order valence-corrected chi connectivity index (χ3v) is 4.98. The molecule has 1 aliphatic rings. The molecule has 6 heteroatoms. The maximum Gasteiger partial charge on any atom is 0.306 e. The van der Waals surface area contributed by atoms with Gasteiger partial charge >= 0.3 is 5.97 Å². The van der Waals surface area contributed by atoms with E-state index in [2.05, 4.69) is 0 Å². The van der Waals surface area contributed by atoms with E-state index in [0.29, 0.717) is 30.6 Å². The van der Waals surface area contributed by atoms with Crippen LogP contribution >= 0.6 is 23.2 Å². The molecule has 2 atom stereocenters. The summed E-state index contributed by atoms with van der Waals surface area (Å²) in [6, 6.07) is 11.8. The molecular formula is C19H16Cl2O4. The zero-order valence-electron chi connectivity index (χ0n) is 13.2. The fraction of sp³-hybridized carbons (Fsp3) is 0.263. The molecular weight excluding hydrogens is 363 g/mol. The number of para-hydroxylation sites is 1. The molecule has 0 amide bonds. The lowest BCUT2D eigenvalue weighted by atomic mass is 10.0. The van der Waals surface area contributed by atoms with Gasteiger partial charge in [0.2, 0.25) is 0 Å². The number of carboxylic acid groups (broad SMARTS) is 1. The summed E-state index contributed by atoms with van der Waals surface area (Å²) >= 11 is 12.3. The number of ketones is 1. The zero-order chi connectivity index (χ0) is 18.0. The second kappa shape index (κ2) is 7.46. The molecule has 0 spiro atoms. The first kappa shape index (κ1) is 17.8. The van der Waals surface area contributed by atoms with E-state index in [-0.39, 0.29) is 27.5 Å². The fourth-order valence-electron chi connectivity index (χ4n) is 3.06. The van der Waals surface area contributed by atoms with Gasteiger partial charge in [-0.05, 0) is 43.5 Å². The second-order valence-corrected chi connectivity index (χ2v) is 6.82. The van der Waals surface area contributed by atoms with Crippen LogP contribution in [0.25, 0.3) is 0 Å². The highest BCUT2D eigenvalue weighted by molar-refractivity contribution is 6.41. The number of carbonyl (C=O) groups is 2. The average molecular weight is 379 g/mol. The van der Waals surface area contributed by atoms with E-state index in [1.807, 2.05) is 0 Å². The molecule has 25 heavy (non-hydrogen) atoms.